The van der Waals surface area contributed by atoms with Crippen LogP contribution in [0.1, 0.15) is 109 Å². The van der Waals surface area contributed by atoms with E-state index in [0.717, 1.165) is 29.6 Å². The van der Waals surface area contributed by atoms with Crippen LogP contribution in [-0.4, -0.2) is 4.57 Å². The van der Waals surface area contributed by atoms with E-state index < -0.39 is 0 Å². The molecule has 1 nitrogen and oxygen atoms in total. The van der Waals surface area contributed by atoms with Gasteiger partial charge in [-0.05, 0) is 203 Å². The van der Waals surface area contributed by atoms with Crippen LogP contribution in [0, 0.1) is 36.0 Å². The quantitative estimate of drug-likeness (QED) is 0.167. The lowest BCUT2D eigenvalue weighted by Crippen LogP contribution is -2.58. The van der Waals surface area contributed by atoms with Gasteiger partial charge in [0.15, 0.2) is 0 Å². The second kappa shape index (κ2) is 10.9. The van der Waals surface area contributed by atoms with E-state index in [0.29, 0.717) is 23.2 Å². The smallest absolute Gasteiger partial charge is 0.0547 e. The van der Waals surface area contributed by atoms with Crippen LogP contribution in [0.15, 0.2) is 121 Å². The molecule has 6 aromatic carbocycles. The second-order valence-electron chi connectivity index (χ2n) is 19.8. The zero-order valence-corrected chi connectivity index (χ0v) is 32.5. The van der Waals surface area contributed by atoms with E-state index in [4.69, 9.17) is 0 Å². The van der Waals surface area contributed by atoms with Gasteiger partial charge in [-0.1, -0.05) is 97.1 Å². The van der Waals surface area contributed by atoms with Gasteiger partial charge < -0.3 is 4.57 Å². The van der Waals surface area contributed by atoms with Crippen molar-refractivity contribution in [1.82, 2.24) is 4.57 Å². The Morgan fingerprint density at radius 1 is 0.464 bits per heavy atom. The molecule has 1 heterocycles. The fraction of sp³-hybridized carbons (Fsp3) is 0.345. The largest absolute Gasteiger partial charge is 0.309 e. The van der Waals surface area contributed by atoms with Crippen molar-refractivity contribution in [1.29, 1.82) is 0 Å². The van der Waals surface area contributed by atoms with Crippen LogP contribution in [0.4, 0.5) is 0 Å². The zero-order chi connectivity index (χ0) is 36.4. The summed E-state index contributed by atoms with van der Waals surface area (Å²) in [6.07, 6.45) is 12.6. The maximum absolute atomic E-state index is 2.64. The maximum atomic E-state index is 2.64. The molecule has 0 N–H and O–H groups in total. The average Bonchev–Trinajstić information content (AvgIpc) is 3.76. The fourth-order valence-electron chi connectivity index (χ4n) is 15.2. The summed E-state index contributed by atoms with van der Waals surface area (Å²) in [5.74, 6) is 6.38. The SMILES string of the molecule is Cc1ccc2c3ccc(-c4ccc5c(c4)C4CC6CC7CC(CC764)c4ccccc4-5)cc3n(-c3ccc4c(c3)C3CC5CC(CC(C5)c5ccccc5-4)C3)c2c1. The molecule has 15 rings (SSSR count). The van der Waals surface area contributed by atoms with Gasteiger partial charge >= 0.3 is 0 Å². The Morgan fingerprint density at radius 2 is 1.07 bits per heavy atom. The Morgan fingerprint density at radius 3 is 1.86 bits per heavy atom. The van der Waals surface area contributed by atoms with Gasteiger partial charge in [0, 0.05) is 16.5 Å². The third-order valence-corrected chi connectivity index (χ3v) is 17.4. The van der Waals surface area contributed by atoms with Crippen molar-refractivity contribution < 1.29 is 0 Å². The highest BCUT2D eigenvalue weighted by atomic mass is 15.0. The number of fused-ring (bicyclic) bond motifs is 9. The van der Waals surface area contributed by atoms with Crippen LogP contribution in [0.2, 0.25) is 0 Å². The molecule has 1 heteroatoms. The minimum atomic E-state index is 0.558. The van der Waals surface area contributed by atoms with Crippen molar-refractivity contribution in [2.75, 3.05) is 0 Å². The summed E-state index contributed by atoms with van der Waals surface area (Å²) in [7, 11) is 0. The summed E-state index contributed by atoms with van der Waals surface area (Å²) in [6, 6.07) is 48.6. The van der Waals surface area contributed by atoms with Gasteiger partial charge in [-0.25, -0.2) is 0 Å². The number of nitrogens with zero attached hydrogens (tertiary/aromatic N) is 1. The first kappa shape index (κ1) is 31.2. The van der Waals surface area contributed by atoms with Gasteiger partial charge in [0.05, 0.1) is 11.0 Å². The van der Waals surface area contributed by atoms with Gasteiger partial charge in [0.1, 0.15) is 0 Å². The molecule has 1 spiro atoms. The number of aryl methyl sites for hydroxylation is 1. The van der Waals surface area contributed by atoms with Crippen LogP contribution in [0.5, 0.6) is 0 Å². The predicted molar refractivity (Wildman–Crippen MR) is 231 cm³/mol. The highest BCUT2D eigenvalue weighted by Crippen LogP contribution is 2.80. The molecule has 8 aliphatic carbocycles. The maximum Gasteiger partial charge on any atom is 0.0547 e. The van der Waals surface area contributed by atoms with E-state index in [9.17, 15) is 0 Å². The lowest BCUT2D eigenvalue weighted by molar-refractivity contribution is -0.144. The van der Waals surface area contributed by atoms with Gasteiger partial charge in [0.2, 0.25) is 0 Å². The van der Waals surface area contributed by atoms with E-state index in [1.165, 1.54) is 124 Å². The standard InChI is InChI=1S/C55H49N/c1-31-10-14-48-49-16-12-35(34-11-15-47-45-9-5-3-7-43(45)38-24-39-27-40-28-52(51(47)25-34)55(39,40)30-38)26-54(49)56(53(48)18-31)41-13-17-46-44-8-4-2-6-42(44)36-20-32-19-33(21-36)23-37(22-32)50(46)29-41/h2-18,25-26,29,32-33,36-40,52H,19-24,27-28,30H2,1H3. The molecule has 56 heavy (non-hydrogen) atoms. The molecule has 7 aromatic rings. The molecule has 0 aliphatic heterocycles. The van der Waals surface area contributed by atoms with Crippen molar-refractivity contribution in [3.8, 4) is 39.1 Å². The molecular weight excluding hydrogens is 675 g/mol. The van der Waals surface area contributed by atoms with Crippen LogP contribution >= 0.6 is 0 Å². The van der Waals surface area contributed by atoms with Crippen molar-refractivity contribution >= 4 is 21.8 Å². The summed E-state index contributed by atoms with van der Waals surface area (Å²) in [5, 5.41) is 2.71. The molecule has 6 bridgehead atoms. The lowest BCUT2D eigenvalue weighted by Gasteiger charge is -2.67. The number of aromatic nitrogens is 1. The number of hydrogen-bond acceptors (Lipinski definition) is 0. The first-order valence-electron chi connectivity index (χ1n) is 22.1. The summed E-state index contributed by atoms with van der Waals surface area (Å²) in [4.78, 5) is 0. The number of rotatable bonds is 2. The molecule has 7 atom stereocenters. The van der Waals surface area contributed by atoms with Crippen molar-refractivity contribution in [3.05, 3.63) is 149 Å². The van der Waals surface area contributed by atoms with Crippen LogP contribution in [-0.2, 0) is 0 Å². The first-order valence-corrected chi connectivity index (χ1v) is 22.1. The van der Waals surface area contributed by atoms with Crippen molar-refractivity contribution in [3.63, 3.8) is 0 Å². The van der Waals surface area contributed by atoms with Crippen LogP contribution in [0.25, 0.3) is 60.9 Å². The van der Waals surface area contributed by atoms with E-state index in [-0.39, 0.29) is 0 Å². The third-order valence-electron chi connectivity index (χ3n) is 17.4. The molecule has 8 aliphatic rings. The van der Waals surface area contributed by atoms with Crippen LogP contribution in [0.3, 0.4) is 0 Å². The zero-order valence-electron chi connectivity index (χ0n) is 32.5. The topological polar surface area (TPSA) is 4.93 Å². The minimum absolute atomic E-state index is 0.558. The van der Waals surface area contributed by atoms with E-state index in [2.05, 4.69) is 133 Å². The Hall–Kier alpha value is -4.88. The van der Waals surface area contributed by atoms with Crippen molar-refractivity contribution in [2.24, 2.45) is 29.1 Å². The molecule has 0 saturated heterocycles. The Bertz CT molecular complexity index is 2820. The molecular formula is C55H49N. The van der Waals surface area contributed by atoms with E-state index in [1.807, 2.05) is 0 Å². The highest BCUT2D eigenvalue weighted by Gasteiger charge is 2.70. The minimum Gasteiger partial charge on any atom is -0.309 e. The van der Waals surface area contributed by atoms with Gasteiger partial charge in [-0.2, -0.15) is 0 Å². The van der Waals surface area contributed by atoms with E-state index in [1.54, 1.807) is 22.3 Å². The Kier molecular flexibility index (Phi) is 6.10. The van der Waals surface area contributed by atoms with Gasteiger partial charge in [0.25, 0.3) is 0 Å². The second-order valence-corrected chi connectivity index (χ2v) is 19.8. The first-order chi connectivity index (χ1) is 27.6. The monoisotopic (exact) mass is 723 g/mol. The molecule has 5 fully saturated rings. The lowest BCUT2D eigenvalue weighted by atomic mass is 9.37. The molecule has 274 valence electrons. The summed E-state index contributed by atoms with van der Waals surface area (Å²) >= 11 is 0. The molecule has 1 aromatic heterocycles. The molecule has 7 unspecified atom stereocenters. The van der Waals surface area contributed by atoms with Crippen LogP contribution < -0.4 is 0 Å². The summed E-state index contributed by atoms with van der Waals surface area (Å²) in [5.41, 5.74) is 21.0. The normalized spacial score (nSPS) is 31.1. The third kappa shape index (κ3) is 4.02. The molecule has 0 amide bonds. The van der Waals surface area contributed by atoms with Gasteiger partial charge in [-0.3, -0.25) is 0 Å². The number of benzene rings is 6. The fourth-order valence-corrected chi connectivity index (χ4v) is 15.2. The average molecular weight is 724 g/mol. The number of hydrogen-bond donors (Lipinski definition) is 0. The Balaban J connectivity index is 0.958. The highest BCUT2D eigenvalue weighted by molar-refractivity contribution is 6.10. The van der Waals surface area contributed by atoms with E-state index >= 15 is 0 Å². The van der Waals surface area contributed by atoms with Gasteiger partial charge in [-0.15, -0.1) is 0 Å². The Labute approximate surface area is 330 Å². The molecule has 0 radical (unpaired) electrons. The predicted octanol–water partition coefficient (Wildman–Crippen LogP) is 14.5. The summed E-state index contributed by atoms with van der Waals surface area (Å²) < 4.78 is 2.62. The van der Waals surface area contributed by atoms with Crippen molar-refractivity contribution in [2.45, 2.75) is 88.4 Å². The molecule has 5 saturated carbocycles. The summed E-state index contributed by atoms with van der Waals surface area (Å²) in [6.45, 7) is 2.25.